The van der Waals surface area contributed by atoms with Crippen molar-refractivity contribution in [1.82, 2.24) is 0 Å². The zero-order valence-corrected chi connectivity index (χ0v) is 10.7. The molecule has 2 aromatic rings. The maximum absolute atomic E-state index is 12.3. The molecular weight excluding hydrogens is 248 g/mol. The third-order valence-electron chi connectivity index (χ3n) is 2.69. The highest BCUT2D eigenvalue weighted by atomic mass is 35.5. The van der Waals surface area contributed by atoms with Crippen LogP contribution in [-0.2, 0) is 0 Å². The Morgan fingerprint density at radius 3 is 2.50 bits per heavy atom. The van der Waals surface area contributed by atoms with Crippen molar-refractivity contribution in [2.75, 3.05) is 17.7 Å². The fourth-order valence-electron chi connectivity index (χ4n) is 1.66. The van der Waals surface area contributed by atoms with E-state index >= 15 is 0 Å². The molecule has 0 radical (unpaired) electrons. The van der Waals surface area contributed by atoms with Crippen LogP contribution in [0.5, 0.6) is 0 Å². The van der Waals surface area contributed by atoms with Crippen molar-refractivity contribution in [3.05, 3.63) is 59.1 Å². The average Bonchev–Trinajstić information content (AvgIpc) is 2.41. The molecule has 0 aromatic heterocycles. The van der Waals surface area contributed by atoms with Crippen LogP contribution in [0.15, 0.2) is 48.5 Å². The van der Waals surface area contributed by atoms with E-state index in [0.717, 1.165) is 5.69 Å². The van der Waals surface area contributed by atoms with Crippen molar-refractivity contribution in [3.63, 3.8) is 0 Å². The first kappa shape index (κ1) is 12.5. The second kappa shape index (κ2) is 5.10. The van der Waals surface area contributed by atoms with Crippen LogP contribution in [-0.4, -0.2) is 13.0 Å². The van der Waals surface area contributed by atoms with Crippen LogP contribution in [0.1, 0.15) is 10.4 Å². The lowest BCUT2D eigenvalue weighted by Crippen LogP contribution is -2.26. The normalized spacial score (nSPS) is 10.1. The predicted octanol–water partition coefficient (Wildman–Crippen LogP) is 3.20. The summed E-state index contributed by atoms with van der Waals surface area (Å²) in [6.07, 6.45) is 0. The first-order valence-electron chi connectivity index (χ1n) is 5.47. The summed E-state index contributed by atoms with van der Waals surface area (Å²) >= 11 is 5.89. The van der Waals surface area contributed by atoms with Gasteiger partial charge >= 0.3 is 0 Å². The Labute approximate surface area is 111 Å². The molecule has 0 aliphatic carbocycles. The van der Waals surface area contributed by atoms with Crippen molar-refractivity contribution in [2.24, 2.45) is 0 Å². The van der Waals surface area contributed by atoms with Crippen molar-refractivity contribution in [2.45, 2.75) is 0 Å². The lowest BCUT2D eigenvalue weighted by molar-refractivity contribution is 0.0994. The Kier molecular flexibility index (Phi) is 3.53. The van der Waals surface area contributed by atoms with Crippen LogP contribution in [0.2, 0.25) is 5.02 Å². The summed E-state index contributed by atoms with van der Waals surface area (Å²) in [4.78, 5) is 13.8. The molecule has 0 saturated carbocycles. The fourth-order valence-corrected chi connectivity index (χ4v) is 1.84. The molecule has 0 aliphatic heterocycles. The predicted molar refractivity (Wildman–Crippen MR) is 75.0 cm³/mol. The number of nitrogens with two attached hydrogens (primary N) is 1. The summed E-state index contributed by atoms with van der Waals surface area (Å²) in [5, 5.41) is 0.494. The van der Waals surface area contributed by atoms with Crippen LogP contribution >= 0.6 is 11.6 Å². The molecule has 0 atom stereocenters. The summed E-state index contributed by atoms with van der Waals surface area (Å²) in [5.74, 6) is -0.179. The molecular formula is C14H13ClN2O. The van der Waals surface area contributed by atoms with E-state index in [2.05, 4.69) is 0 Å². The molecule has 0 bridgehead atoms. The summed E-state index contributed by atoms with van der Waals surface area (Å²) in [5.41, 5.74) is 7.44. The molecule has 92 valence electrons. The van der Waals surface area contributed by atoms with E-state index in [4.69, 9.17) is 17.3 Å². The van der Waals surface area contributed by atoms with Gasteiger partial charge in [0.15, 0.2) is 0 Å². The number of rotatable bonds is 2. The van der Waals surface area contributed by atoms with Crippen LogP contribution in [0.25, 0.3) is 0 Å². The minimum absolute atomic E-state index is 0.179. The third kappa shape index (κ3) is 2.46. The van der Waals surface area contributed by atoms with E-state index in [1.807, 2.05) is 30.3 Å². The Bertz CT molecular complexity index is 569. The largest absolute Gasteiger partial charge is 0.398 e. The number of nitrogen functional groups attached to an aromatic ring is 1. The third-order valence-corrected chi connectivity index (χ3v) is 2.93. The minimum Gasteiger partial charge on any atom is -0.398 e. The fraction of sp³-hybridized carbons (Fsp3) is 0.0714. The first-order valence-corrected chi connectivity index (χ1v) is 5.85. The van der Waals surface area contributed by atoms with Gasteiger partial charge < -0.3 is 10.6 Å². The number of nitrogens with zero attached hydrogens (tertiary/aromatic N) is 1. The quantitative estimate of drug-likeness (QED) is 0.843. The topological polar surface area (TPSA) is 46.3 Å². The van der Waals surface area contributed by atoms with E-state index in [0.29, 0.717) is 16.3 Å². The van der Waals surface area contributed by atoms with Crippen LogP contribution < -0.4 is 10.6 Å². The van der Waals surface area contributed by atoms with E-state index in [9.17, 15) is 4.79 Å². The number of hydrogen-bond donors (Lipinski definition) is 1. The molecule has 2 N–H and O–H groups in total. The zero-order chi connectivity index (χ0) is 13.1. The molecule has 3 nitrogen and oxygen atoms in total. The standard InChI is InChI=1S/C14H13ClN2O/c1-17(11-5-3-2-4-6-11)14(18)12-9-10(15)7-8-13(12)16/h2-9H,16H2,1H3. The van der Waals surface area contributed by atoms with E-state index in [-0.39, 0.29) is 5.91 Å². The van der Waals surface area contributed by atoms with Crippen molar-refractivity contribution in [1.29, 1.82) is 0 Å². The van der Waals surface area contributed by atoms with Crippen molar-refractivity contribution < 1.29 is 4.79 Å². The van der Waals surface area contributed by atoms with Gasteiger partial charge in [0.05, 0.1) is 5.56 Å². The van der Waals surface area contributed by atoms with E-state index < -0.39 is 0 Å². The molecule has 0 spiro atoms. The zero-order valence-electron chi connectivity index (χ0n) is 9.93. The number of benzene rings is 2. The second-order valence-electron chi connectivity index (χ2n) is 3.93. The van der Waals surface area contributed by atoms with Gasteiger partial charge in [-0.15, -0.1) is 0 Å². The highest BCUT2D eigenvalue weighted by Gasteiger charge is 2.16. The van der Waals surface area contributed by atoms with E-state index in [1.165, 1.54) is 0 Å². The molecule has 0 heterocycles. The van der Waals surface area contributed by atoms with Crippen LogP contribution in [0, 0.1) is 0 Å². The maximum Gasteiger partial charge on any atom is 0.260 e. The molecule has 18 heavy (non-hydrogen) atoms. The molecule has 0 aliphatic rings. The Morgan fingerprint density at radius 1 is 1.17 bits per heavy atom. The number of para-hydroxylation sites is 1. The summed E-state index contributed by atoms with van der Waals surface area (Å²) in [7, 11) is 1.71. The smallest absolute Gasteiger partial charge is 0.260 e. The number of amides is 1. The lowest BCUT2D eigenvalue weighted by Gasteiger charge is -2.18. The number of hydrogen-bond acceptors (Lipinski definition) is 2. The molecule has 2 rings (SSSR count). The summed E-state index contributed by atoms with van der Waals surface area (Å²) in [6, 6.07) is 14.2. The van der Waals surface area contributed by atoms with Gasteiger partial charge in [-0.25, -0.2) is 0 Å². The number of carbonyl (C=O) groups excluding carboxylic acids is 1. The SMILES string of the molecule is CN(C(=O)c1cc(Cl)ccc1N)c1ccccc1. The molecule has 1 amide bonds. The molecule has 2 aromatic carbocycles. The van der Waals surface area contributed by atoms with Gasteiger partial charge in [-0.05, 0) is 30.3 Å². The van der Waals surface area contributed by atoms with Gasteiger partial charge in [-0.3, -0.25) is 4.79 Å². The van der Waals surface area contributed by atoms with Gasteiger partial charge in [-0.2, -0.15) is 0 Å². The molecule has 0 unspecified atom stereocenters. The molecule has 4 heteroatoms. The van der Waals surface area contributed by atoms with Gasteiger partial charge in [0.1, 0.15) is 0 Å². The maximum atomic E-state index is 12.3. The monoisotopic (exact) mass is 260 g/mol. The average molecular weight is 261 g/mol. The Balaban J connectivity index is 2.34. The van der Waals surface area contributed by atoms with Gasteiger partial charge in [0.25, 0.3) is 5.91 Å². The highest BCUT2D eigenvalue weighted by Crippen LogP contribution is 2.21. The van der Waals surface area contributed by atoms with E-state index in [1.54, 1.807) is 30.1 Å². The van der Waals surface area contributed by atoms with Crippen LogP contribution in [0.4, 0.5) is 11.4 Å². The summed E-state index contributed by atoms with van der Waals surface area (Å²) in [6.45, 7) is 0. The molecule has 0 saturated heterocycles. The first-order chi connectivity index (χ1) is 8.59. The number of carbonyl (C=O) groups is 1. The second-order valence-corrected chi connectivity index (χ2v) is 4.37. The summed E-state index contributed by atoms with van der Waals surface area (Å²) < 4.78 is 0. The minimum atomic E-state index is -0.179. The highest BCUT2D eigenvalue weighted by molar-refractivity contribution is 6.31. The lowest BCUT2D eigenvalue weighted by atomic mass is 10.1. The van der Waals surface area contributed by atoms with Gasteiger partial charge in [0, 0.05) is 23.4 Å². The number of anilines is 2. The van der Waals surface area contributed by atoms with Gasteiger partial charge in [-0.1, -0.05) is 29.8 Å². The Hall–Kier alpha value is -2.00. The Morgan fingerprint density at radius 2 is 1.83 bits per heavy atom. The van der Waals surface area contributed by atoms with Crippen LogP contribution in [0.3, 0.4) is 0 Å². The van der Waals surface area contributed by atoms with Crippen molar-refractivity contribution >= 4 is 28.9 Å². The van der Waals surface area contributed by atoms with Crippen molar-refractivity contribution in [3.8, 4) is 0 Å². The molecule has 0 fully saturated rings. The van der Waals surface area contributed by atoms with Gasteiger partial charge in [0.2, 0.25) is 0 Å². The number of halogens is 1.